The van der Waals surface area contributed by atoms with Crippen molar-refractivity contribution in [1.82, 2.24) is 0 Å². The van der Waals surface area contributed by atoms with Crippen LogP contribution in [-0.4, -0.2) is 65.4 Å². The van der Waals surface area contributed by atoms with Crippen LogP contribution >= 0.6 is 28.7 Å². The van der Waals surface area contributed by atoms with Crippen molar-refractivity contribution in [1.29, 1.82) is 5.41 Å². The molecular formula is C15H23BrN2O9S. The van der Waals surface area contributed by atoms with Crippen LogP contribution in [0.25, 0.3) is 0 Å². The van der Waals surface area contributed by atoms with E-state index in [-0.39, 0.29) is 28.7 Å². The molecule has 160 valence electrons. The van der Waals surface area contributed by atoms with Gasteiger partial charge in [0.2, 0.25) is 0 Å². The van der Waals surface area contributed by atoms with Gasteiger partial charge in [0.05, 0.1) is 4.11 Å². The second kappa shape index (κ2) is 11.9. The summed E-state index contributed by atoms with van der Waals surface area (Å²) in [4.78, 5) is 46.3. The van der Waals surface area contributed by atoms with Crippen molar-refractivity contribution in [2.75, 3.05) is 6.56 Å². The molecule has 0 bridgehead atoms. The van der Waals surface area contributed by atoms with E-state index in [4.69, 9.17) is 34.2 Å². The normalized spacial score (nSPS) is 30.9. The van der Waals surface area contributed by atoms with Crippen molar-refractivity contribution < 1.29 is 47.0 Å². The highest BCUT2D eigenvalue weighted by Crippen LogP contribution is 2.34. The quantitative estimate of drug-likeness (QED) is 0.227. The number of carbonyl (C=O) groups is 4. The minimum atomic E-state index is -2.99. The zero-order valence-electron chi connectivity index (χ0n) is 18.4. The van der Waals surface area contributed by atoms with Gasteiger partial charge in [-0.3, -0.25) is 24.6 Å². The number of rotatable bonds is 6. The Morgan fingerprint density at radius 2 is 1.46 bits per heavy atom. The lowest BCUT2D eigenvalue weighted by molar-refractivity contribution is -0.237. The van der Waals surface area contributed by atoms with Crippen molar-refractivity contribution in [3.05, 3.63) is 0 Å². The molecule has 0 amide bonds. The molecule has 13 heteroatoms. The maximum absolute atomic E-state index is 11.7. The lowest BCUT2D eigenvalue weighted by atomic mass is 9.99. The molecule has 1 heterocycles. The molecule has 1 aliphatic heterocycles. The summed E-state index contributed by atoms with van der Waals surface area (Å²) >= 11 is 0.208. The third kappa shape index (κ3) is 8.44. The Labute approximate surface area is 180 Å². The zero-order valence-corrected chi connectivity index (χ0v) is 17.9. The van der Waals surface area contributed by atoms with Gasteiger partial charge in [0.15, 0.2) is 28.9 Å². The predicted molar refractivity (Wildman–Crippen MR) is 102 cm³/mol. The Hall–Kier alpha value is -1.86. The summed E-state index contributed by atoms with van der Waals surface area (Å²) in [6, 6.07) is 0. The zero-order chi connectivity index (χ0) is 23.4. The van der Waals surface area contributed by atoms with Gasteiger partial charge in [-0.25, -0.2) is 0 Å². The third-order valence-corrected chi connectivity index (χ3v) is 3.57. The van der Waals surface area contributed by atoms with Gasteiger partial charge in [-0.1, -0.05) is 11.8 Å². The van der Waals surface area contributed by atoms with E-state index >= 15 is 0 Å². The Bertz CT molecular complexity index is 745. The van der Waals surface area contributed by atoms with Crippen LogP contribution in [0, 0.1) is 5.41 Å². The molecule has 0 aliphatic carbocycles. The van der Waals surface area contributed by atoms with Crippen LogP contribution in [-0.2, 0) is 42.9 Å². The largest absolute Gasteiger partial charge is 0.463 e. The summed E-state index contributed by atoms with van der Waals surface area (Å²) in [6.07, 6.45) is -7.38. The lowest BCUT2D eigenvalue weighted by Crippen LogP contribution is -2.61. The van der Waals surface area contributed by atoms with E-state index in [2.05, 4.69) is 4.74 Å². The number of nitrogens with two attached hydrogens (primary N) is 1. The average Bonchev–Trinajstić information content (AvgIpc) is 2.50. The maximum Gasteiger partial charge on any atom is 0.303 e. The molecule has 1 fully saturated rings. The van der Waals surface area contributed by atoms with E-state index in [1.54, 1.807) is 0 Å². The first-order chi connectivity index (χ1) is 13.6. The molecule has 0 aromatic heterocycles. The molecule has 28 heavy (non-hydrogen) atoms. The van der Waals surface area contributed by atoms with Crippen LogP contribution in [0.5, 0.6) is 0 Å². The van der Waals surface area contributed by atoms with Gasteiger partial charge in [-0.2, -0.15) is 0 Å². The van der Waals surface area contributed by atoms with Crippen LogP contribution in [0.2, 0.25) is 0 Å². The molecule has 0 radical (unpaired) electrons. The van der Waals surface area contributed by atoms with E-state index in [1.807, 2.05) is 0 Å². The number of hydrogen-bond acceptors (Lipinski definition) is 11. The Morgan fingerprint density at radius 3 is 1.89 bits per heavy atom. The molecule has 11 nitrogen and oxygen atoms in total. The monoisotopic (exact) mass is 489 g/mol. The molecule has 0 unspecified atom stereocenters. The number of amidine groups is 1. The molecule has 0 saturated carbocycles. The fourth-order valence-electron chi connectivity index (χ4n) is 2.10. The van der Waals surface area contributed by atoms with E-state index < -0.39 is 65.4 Å². The summed E-state index contributed by atoms with van der Waals surface area (Å²) in [5.74, 6) is -3.91. The number of esters is 4. The van der Waals surface area contributed by atoms with Crippen molar-refractivity contribution in [3.8, 4) is 0 Å². The molecule has 5 atom stereocenters. The first-order valence-corrected chi connectivity index (χ1v) is 8.32. The van der Waals surface area contributed by atoms with E-state index in [0.29, 0.717) is 0 Å². The fraction of sp³-hybridized carbons (Fsp3) is 0.667. The Kier molecular flexibility index (Phi) is 8.84. The highest BCUT2D eigenvalue weighted by atomic mass is 79.9. The predicted octanol–water partition coefficient (Wildman–Crippen LogP) is 0.274. The lowest BCUT2D eigenvalue weighted by Gasteiger charge is -2.43. The van der Waals surface area contributed by atoms with Crippen molar-refractivity contribution in [2.45, 2.75) is 57.5 Å². The summed E-state index contributed by atoms with van der Waals surface area (Å²) < 4.78 is 49.9. The summed E-state index contributed by atoms with van der Waals surface area (Å²) in [5.41, 5.74) is 2.80. The number of nitrogens with one attached hydrogen (secondary N) is 1. The average molecular weight is 490 g/mol. The number of hydrogen-bond donors (Lipinski definition) is 2. The van der Waals surface area contributed by atoms with Crippen LogP contribution < -0.4 is 5.73 Å². The number of ether oxygens (including phenoxy) is 5. The first kappa shape index (κ1) is 20.9. The first-order valence-electron chi connectivity index (χ1n) is 9.01. The second-order valence-corrected chi connectivity index (χ2v) is 6.26. The highest BCUT2D eigenvalue weighted by Gasteiger charge is 2.52. The summed E-state index contributed by atoms with van der Waals surface area (Å²) in [5, 5.41) is 6.78. The minimum Gasteiger partial charge on any atom is -0.463 e. The van der Waals surface area contributed by atoms with Crippen LogP contribution in [0.1, 0.15) is 31.8 Å². The van der Waals surface area contributed by atoms with E-state index in [9.17, 15) is 19.2 Å². The van der Waals surface area contributed by atoms with Crippen molar-refractivity contribution >= 4 is 57.8 Å². The molecule has 1 aliphatic rings. The maximum atomic E-state index is 11.7. The molecular weight excluding hydrogens is 464 g/mol. The standard InChI is InChI=1S/C15H22N2O9S.BrH/c1-6(18)22-5-10-11(23-7(2)19)12(24-8(3)20)13(25-9(4)21)14(26-10)27-15(16)17;/h10-14H,5H2,1-4H3,(H3,16,17);1H/t10-,11-,12+,13-,14+;/m1./s1/i5D2,14D;. The fourth-order valence-corrected chi connectivity index (χ4v) is 2.76. The topological polar surface area (TPSA) is 164 Å². The van der Waals surface area contributed by atoms with Gasteiger partial charge < -0.3 is 29.4 Å². The summed E-state index contributed by atoms with van der Waals surface area (Å²) in [6.45, 7) is 0.844. The second-order valence-electron chi connectivity index (χ2n) is 5.21. The van der Waals surface area contributed by atoms with Crippen molar-refractivity contribution in [2.24, 2.45) is 5.73 Å². The van der Waals surface area contributed by atoms with Crippen LogP contribution in [0.3, 0.4) is 0 Å². The van der Waals surface area contributed by atoms with Gasteiger partial charge in [-0.15, -0.1) is 17.0 Å². The van der Waals surface area contributed by atoms with Crippen LogP contribution in [0.4, 0.5) is 0 Å². The van der Waals surface area contributed by atoms with Gasteiger partial charge >= 0.3 is 23.9 Å². The van der Waals surface area contributed by atoms with E-state index in [1.165, 1.54) is 0 Å². The van der Waals surface area contributed by atoms with Gasteiger partial charge in [0.25, 0.3) is 0 Å². The van der Waals surface area contributed by atoms with Gasteiger partial charge in [0, 0.05) is 27.7 Å². The summed E-state index contributed by atoms with van der Waals surface area (Å²) in [7, 11) is 0. The molecule has 3 N–H and O–H groups in total. The number of halogens is 1. The smallest absolute Gasteiger partial charge is 0.303 e. The molecule has 0 aromatic carbocycles. The Morgan fingerprint density at radius 1 is 1.00 bits per heavy atom. The molecule has 1 saturated heterocycles. The number of thioether (sulfide) groups is 1. The highest BCUT2D eigenvalue weighted by molar-refractivity contribution is 8.93. The van der Waals surface area contributed by atoms with Gasteiger partial charge in [0.1, 0.15) is 12.7 Å². The minimum absolute atomic E-state index is 0. The van der Waals surface area contributed by atoms with Crippen LogP contribution in [0.15, 0.2) is 0 Å². The van der Waals surface area contributed by atoms with Gasteiger partial charge in [-0.05, 0) is 0 Å². The molecule has 0 aromatic rings. The third-order valence-electron chi connectivity index (χ3n) is 2.82. The molecule has 0 spiro atoms. The SMILES string of the molecule is Br.[2H]C([2H])(OC(C)=O)[C@H]1O[C@@]([2H])(SC(=N)N)[C@H](OC(C)=O)[C@@H](OC(C)=O)[C@@H]1OC(C)=O. The van der Waals surface area contributed by atoms with Crippen molar-refractivity contribution in [3.63, 3.8) is 0 Å². The Balaban J connectivity index is 0.00000900. The molecule has 1 rings (SSSR count). The van der Waals surface area contributed by atoms with E-state index in [0.717, 1.165) is 27.7 Å². The number of carbonyl (C=O) groups excluding carboxylic acids is 4.